The molecule has 2 saturated heterocycles. The second-order valence-corrected chi connectivity index (χ2v) is 10.8. The Kier molecular flexibility index (Phi) is 6.95. The number of benzene rings is 2. The zero-order chi connectivity index (χ0) is 22.9. The average Bonchev–Trinajstić information content (AvgIpc) is 2.80. The normalized spacial score (nSPS) is 18.7. The van der Waals surface area contributed by atoms with E-state index in [9.17, 15) is 17.6 Å². The van der Waals surface area contributed by atoms with Gasteiger partial charge in [0.05, 0.1) is 10.7 Å². The lowest BCUT2D eigenvalue weighted by Gasteiger charge is -2.39. The number of rotatable bonds is 4. The lowest BCUT2D eigenvalue weighted by Crippen LogP contribution is -2.52. The van der Waals surface area contributed by atoms with E-state index >= 15 is 0 Å². The number of carbonyl (C=O) groups excluding carboxylic acids is 1. The van der Waals surface area contributed by atoms with E-state index in [4.69, 9.17) is 23.2 Å². The summed E-state index contributed by atoms with van der Waals surface area (Å²) in [5.41, 5.74) is 0.554. The standard InChI is InChI=1S/C22H24Cl2FN3O3S/c23-17-5-6-18(24)21(15-17)32(30,31)28-9-7-16(8-10-28)22(29)27-13-11-26(12-14-27)20-4-2-1-3-19(20)25/h1-6,15-16H,7-14H2. The summed E-state index contributed by atoms with van der Waals surface area (Å²) in [6.45, 7) is 2.65. The van der Waals surface area contributed by atoms with Gasteiger partial charge in [-0.25, -0.2) is 12.8 Å². The van der Waals surface area contributed by atoms with Crippen molar-refractivity contribution in [1.29, 1.82) is 0 Å². The maximum Gasteiger partial charge on any atom is 0.244 e. The molecule has 0 atom stereocenters. The molecule has 2 heterocycles. The smallest absolute Gasteiger partial charge is 0.244 e. The Hall–Kier alpha value is -1.87. The highest BCUT2D eigenvalue weighted by molar-refractivity contribution is 7.89. The van der Waals surface area contributed by atoms with Crippen LogP contribution in [0.4, 0.5) is 10.1 Å². The minimum atomic E-state index is -3.78. The molecule has 0 N–H and O–H groups in total. The Bertz CT molecular complexity index is 1100. The molecule has 2 fully saturated rings. The van der Waals surface area contributed by atoms with Crippen LogP contribution in [0.5, 0.6) is 0 Å². The van der Waals surface area contributed by atoms with Gasteiger partial charge in [0.2, 0.25) is 15.9 Å². The minimum absolute atomic E-state index is 0.0132. The fourth-order valence-electron chi connectivity index (χ4n) is 4.29. The molecule has 0 saturated carbocycles. The highest BCUT2D eigenvalue weighted by Gasteiger charge is 2.35. The van der Waals surface area contributed by atoms with Crippen LogP contribution in [0, 0.1) is 11.7 Å². The lowest BCUT2D eigenvalue weighted by atomic mass is 9.96. The van der Waals surface area contributed by atoms with Crippen LogP contribution < -0.4 is 4.90 Å². The monoisotopic (exact) mass is 499 g/mol. The zero-order valence-electron chi connectivity index (χ0n) is 17.4. The van der Waals surface area contributed by atoms with Crippen molar-refractivity contribution >= 4 is 44.8 Å². The SMILES string of the molecule is O=C(C1CCN(S(=O)(=O)c2cc(Cl)ccc2Cl)CC1)N1CCN(c2ccccc2F)CC1. The fourth-order valence-corrected chi connectivity index (χ4v) is 6.50. The van der Waals surface area contributed by atoms with Crippen molar-refractivity contribution in [2.24, 2.45) is 5.92 Å². The first-order chi connectivity index (χ1) is 15.3. The summed E-state index contributed by atoms with van der Waals surface area (Å²) < 4.78 is 41.4. The third-order valence-electron chi connectivity index (χ3n) is 6.10. The molecular weight excluding hydrogens is 476 g/mol. The molecule has 0 spiro atoms. The molecular formula is C22H24Cl2FN3O3S. The number of hydrogen-bond acceptors (Lipinski definition) is 4. The highest BCUT2D eigenvalue weighted by atomic mass is 35.5. The molecule has 32 heavy (non-hydrogen) atoms. The molecule has 1 amide bonds. The molecule has 0 radical (unpaired) electrons. The van der Waals surface area contributed by atoms with E-state index in [0.717, 1.165) is 0 Å². The van der Waals surface area contributed by atoms with Gasteiger partial charge in [-0.05, 0) is 43.2 Å². The first-order valence-electron chi connectivity index (χ1n) is 10.5. The lowest BCUT2D eigenvalue weighted by molar-refractivity contribution is -0.137. The molecule has 172 valence electrons. The van der Waals surface area contributed by atoms with Gasteiger partial charge in [0.1, 0.15) is 10.7 Å². The van der Waals surface area contributed by atoms with E-state index in [1.54, 1.807) is 29.2 Å². The predicted molar refractivity (Wildman–Crippen MR) is 123 cm³/mol. The van der Waals surface area contributed by atoms with Gasteiger partial charge in [-0.1, -0.05) is 35.3 Å². The Morgan fingerprint density at radius 1 is 0.938 bits per heavy atom. The Morgan fingerprint density at radius 3 is 2.25 bits per heavy atom. The summed E-state index contributed by atoms with van der Waals surface area (Å²) in [6, 6.07) is 11.0. The van der Waals surface area contributed by atoms with Crippen LogP contribution in [0.1, 0.15) is 12.8 Å². The number of piperidine rings is 1. The van der Waals surface area contributed by atoms with Crippen LogP contribution in [0.25, 0.3) is 0 Å². The number of nitrogens with zero attached hydrogens (tertiary/aromatic N) is 3. The highest BCUT2D eigenvalue weighted by Crippen LogP contribution is 2.31. The first kappa shape index (κ1) is 23.3. The summed E-state index contributed by atoms with van der Waals surface area (Å²) in [6.07, 6.45) is 0.896. The van der Waals surface area contributed by atoms with Crippen LogP contribution in [-0.2, 0) is 14.8 Å². The second kappa shape index (κ2) is 9.55. The van der Waals surface area contributed by atoms with Crippen molar-refractivity contribution in [2.45, 2.75) is 17.7 Å². The van der Waals surface area contributed by atoms with Crippen molar-refractivity contribution in [3.05, 3.63) is 58.3 Å². The summed E-state index contributed by atoms with van der Waals surface area (Å²) in [5.74, 6) is -0.451. The Balaban J connectivity index is 1.34. The number of amides is 1. The third kappa shape index (κ3) is 4.73. The molecule has 0 bridgehead atoms. The van der Waals surface area contributed by atoms with Crippen molar-refractivity contribution in [3.8, 4) is 0 Å². The minimum Gasteiger partial charge on any atom is -0.366 e. The van der Waals surface area contributed by atoms with Crippen LogP contribution >= 0.6 is 23.2 Å². The summed E-state index contributed by atoms with van der Waals surface area (Å²) in [7, 11) is -3.78. The summed E-state index contributed by atoms with van der Waals surface area (Å²) in [4.78, 5) is 16.8. The summed E-state index contributed by atoms with van der Waals surface area (Å²) >= 11 is 12.0. The van der Waals surface area contributed by atoms with Crippen molar-refractivity contribution in [1.82, 2.24) is 9.21 Å². The van der Waals surface area contributed by atoms with Gasteiger partial charge in [-0.15, -0.1) is 0 Å². The zero-order valence-corrected chi connectivity index (χ0v) is 19.7. The van der Waals surface area contributed by atoms with Gasteiger partial charge in [0.15, 0.2) is 0 Å². The van der Waals surface area contributed by atoms with Crippen LogP contribution in [-0.4, -0.2) is 62.8 Å². The van der Waals surface area contributed by atoms with Crippen LogP contribution in [0.2, 0.25) is 10.0 Å². The van der Waals surface area contributed by atoms with Crippen molar-refractivity contribution < 1.29 is 17.6 Å². The van der Waals surface area contributed by atoms with Gasteiger partial charge in [-0.2, -0.15) is 4.31 Å². The largest absolute Gasteiger partial charge is 0.366 e. The third-order valence-corrected chi connectivity index (χ3v) is 8.71. The van der Waals surface area contributed by atoms with Gasteiger partial charge < -0.3 is 9.80 Å². The number of carbonyl (C=O) groups is 1. The van der Waals surface area contributed by atoms with Gasteiger partial charge in [-0.3, -0.25) is 4.79 Å². The molecule has 4 rings (SSSR count). The number of piperazine rings is 1. The maximum atomic E-state index is 14.0. The topological polar surface area (TPSA) is 60.9 Å². The molecule has 0 aromatic heterocycles. The Labute approximate surface area is 197 Å². The van der Waals surface area contributed by atoms with Crippen molar-refractivity contribution in [2.75, 3.05) is 44.2 Å². The number of hydrogen-bond donors (Lipinski definition) is 0. The molecule has 0 aliphatic carbocycles. The Morgan fingerprint density at radius 2 is 1.59 bits per heavy atom. The van der Waals surface area contributed by atoms with Crippen molar-refractivity contribution in [3.63, 3.8) is 0 Å². The number of anilines is 1. The maximum absolute atomic E-state index is 14.0. The molecule has 2 aromatic carbocycles. The molecule has 0 unspecified atom stereocenters. The van der Waals surface area contributed by atoms with E-state index in [1.807, 2.05) is 4.90 Å². The number of halogens is 3. The predicted octanol–water partition coefficient (Wildman–Crippen LogP) is 3.88. The van der Waals surface area contributed by atoms with E-state index < -0.39 is 10.0 Å². The molecule has 6 nitrogen and oxygen atoms in total. The molecule has 2 aliphatic heterocycles. The van der Waals surface area contributed by atoms with Gasteiger partial charge in [0.25, 0.3) is 0 Å². The molecule has 10 heteroatoms. The van der Waals surface area contributed by atoms with Gasteiger partial charge >= 0.3 is 0 Å². The first-order valence-corrected chi connectivity index (χ1v) is 12.7. The van der Waals surface area contributed by atoms with E-state index in [-0.39, 0.29) is 40.6 Å². The van der Waals surface area contributed by atoms with E-state index in [0.29, 0.717) is 49.7 Å². The second-order valence-electron chi connectivity index (χ2n) is 8.02. The number of para-hydroxylation sites is 1. The van der Waals surface area contributed by atoms with E-state index in [2.05, 4.69) is 0 Å². The van der Waals surface area contributed by atoms with Gasteiger partial charge in [0, 0.05) is 50.2 Å². The molecule has 2 aliphatic rings. The van der Waals surface area contributed by atoms with E-state index in [1.165, 1.54) is 22.5 Å². The molecule has 2 aromatic rings. The van der Waals surface area contributed by atoms with Crippen LogP contribution in [0.3, 0.4) is 0 Å². The summed E-state index contributed by atoms with van der Waals surface area (Å²) in [5, 5.41) is 0.424. The average molecular weight is 500 g/mol. The quantitative estimate of drug-likeness (QED) is 0.640. The van der Waals surface area contributed by atoms with Crippen LogP contribution in [0.15, 0.2) is 47.4 Å². The number of sulfonamides is 1. The fraction of sp³-hybridized carbons (Fsp3) is 0.409.